The van der Waals surface area contributed by atoms with Crippen LogP contribution in [0, 0.1) is 5.95 Å². The van der Waals surface area contributed by atoms with Gasteiger partial charge < -0.3 is 5.73 Å². The van der Waals surface area contributed by atoms with Gasteiger partial charge in [0.05, 0.1) is 24.8 Å². The number of anilines is 1. The standard InChI is InChI=1S/C4H2BrFN2.C4H4BrN3/c2*5-3-1-7-2-4(6)8-3/h1-2H;1-2H,(H2,6,8). The van der Waals surface area contributed by atoms with Gasteiger partial charge in [0.15, 0.2) is 0 Å². The lowest BCUT2D eigenvalue weighted by Gasteiger charge is -1.87. The lowest BCUT2D eigenvalue weighted by Crippen LogP contribution is -1.89. The number of nitrogens with two attached hydrogens (primary N) is 1. The molecule has 0 aliphatic rings. The molecule has 0 saturated heterocycles. The van der Waals surface area contributed by atoms with Crippen molar-refractivity contribution in [2.24, 2.45) is 0 Å². The Labute approximate surface area is 108 Å². The molecule has 0 amide bonds. The van der Waals surface area contributed by atoms with Gasteiger partial charge in [-0.1, -0.05) is 0 Å². The minimum absolute atomic E-state index is 0.414. The summed E-state index contributed by atoms with van der Waals surface area (Å²) in [6.07, 6.45) is 5.54. The van der Waals surface area contributed by atoms with Gasteiger partial charge in [0, 0.05) is 0 Å². The van der Waals surface area contributed by atoms with Crippen LogP contribution in [0.4, 0.5) is 10.2 Å². The molecule has 0 spiro atoms. The Morgan fingerprint density at radius 2 is 1.50 bits per heavy atom. The molecule has 0 saturated carbocycles. The van der Waals surface area contributed by atoms with Crippen LogP contribution in [0.5, 0.6) is 0 Å². The van der Waals surface area contributed by atoms with Crippen molar-refractivity contribution in [1.82, 2.24) is 19.9 Å². The first-order valence-electron chi connectivity index (χ1n) is 3.94. The number of nitrogens with zero attached hydrogens (tertiary/aromatic N) is 4. The van der Waals surface area contributed by atoms with Crippen molar-refractivity contribution < 1.29 is 4.39 Å². The fourth-order valence-electron chi connectivity index (χ4n) is 0.676. The lowest BCUT2D eigenvalue weighted by molar-refractivity contribution is 0.573. The zero-order valence-electron chi connectivity index (χ0n) is 7.81. The van der Waals surface area contributed by atoms with Gasteiger partial charge in [-0.25, -0.2) is 9.97 Å². The number of nitrogen functional groups attached to an aromatic ring is 1. The van der Waals surface area contributed by atoms with E-state index in [-0.39, 0.29) is 0 Å². The van der Waals surface area contributed by atoms with Gasteiger partial charge in [-0.05, 0) is 31.9 Å². The summed E-state index contributed by atoms with van der Waals surface area (Å²) in [5.74, 6) is -0.140. The largest absolute Gasteiger partial charge is 0.382 e. The molecule has 2 rings (SSSR count). The van der Waals surface area contributed by atoms with Gasteiger partial charge in [0.2, 0.25) is 5.95 Å². The van der Waals surface area contributed by atoms with Crippen LogP contribution in [0.1, 0.15) is 0 Å². The van der Waals surface area contributed by atoms with E-state index in [0.29, 0.717) is 15.0 Å². The summed E-state index contributed by atoms with van der Waals surface area (Å²) in [6, 6.07) is 0. The number of hydrogen-bond acceptors (Lipinski definition) is 5. The SMILES string of the molecule is Fc1cncc(Br)n1.Nc1cncc(Br)n1. The molecule has 2 heterocycles. The Kier molecular flexibility index (Phi) is 5.20. The van der Waals surface area contributed by atoms with E-state index in [2.05, 4.69) is 51.8 Å². The van der Waals surface area contributed by atoms with Crippen molar-refractivity contribution in [3.05, 3.63) is 39.9 Å². The van der Waals surface area contributed by atoms with Crippen molar-refractivity contribution in [2.75, 3.05) is 5.73 Å². The van der Waals surface area contributed by atoms with Gasteiger partial charge in [-0.3, -0.25) is 9.97 Å². The Morgan fingerprint density at radius 1 is 0.938 bits per heavy atom. The van der Waals surface area contributed by atoms with Crippen LogP contribution in [0.3, 0.4) is 0 Å². The quantitative estimate of drug-likeness (QED) is 0.788. The van der Waals surface area contributed by atoms with Gasteiger partial charge in [-0.2, -0.15) is 4.39 Å². The molecular weight excluding hydrogens is 345 g/mol. The number of halogens is 3. The summed E-state index contributed by atoms with van der Waals surface area (Å²) in [5, 5.41) is 0. The van der Waals surface area contributed by atoms with Crippen LogP contribution < -0.4 is 5.73 Å². The minimum Gasteiger partial charge on any atom is -0.382 e. The highest BCUT2D eigenvalue weighted by Crippen LogP contribution is 2.03. The predicted molar refractivity (Wildman–Crippen MR) is 63.8 cm³/mol. The number of hydrogen-bond donors (Lipinski definition) is 1. The van der Waals surface area contributed by atoms with Crippen molar-refractivity contribution in [3.63, 3.8) is 0 Å². The average Bonchev–Trinajstić information content (AvgIpc) is 2.17. The van der Waals surface area contributed by atoms with Gasteiger partial charge >= 0.3 is 0 Å². The molecular formula is C8H6Br2FN5. The van der Waals surface area contributed by atoms with Crippen LogP contribution >= 0.6 is 31.9 Å². The van der Waals surface area contributed by atoms with Crippen LogP contribution in [0.15, 0.2) is 34.0 Å². The minimum atomic E-state index is -0.570. The molecule has 0 atom stereocenters. The second-order valence-corrected chi connectivity index (χ2v) is 4.06. The lowest BCUT2D eigenvalue weighted by atomic mass is 10.7. The van der Waals surface area contributed by atoms with E-state index in [9.17, 15) is 4.39 Å². The number of rotatable bonds is 0. The molecule has 2 aromatic rings. The summed E-state index contributed by atoms with van der Waals surface area (Å²) < 4.78 is 13.0. The van der Waals surface area contributed by atoms with Gasteiger partial charge in [0.25, 0.3) is 0 Å². The molecule has 0 aromatic carbocycles. The first-order valence-corrected chi connectivity index (χ1v) is 5.52. The Hall–Kier alpha value is -1.15. The average molecular weight is 351 g/mol. The zero-order chi connectivity index (χ0) is 12.0. The highest BCUT2D eigenvalue weighted by molar-refractivity contribution is 9.10. The summed E-state index contributed by atoms with van der Waals surface area (Å²) in [6.45, 7) is 0. The summed E-state index contributed by atoms with van der Waals surface area (Å²) in [7, 11) is 0. The summed E-state index contributed by atoms with van der Waals surface area (Å²) in [5.41, 5.74) is 5.26. The number of aromatic nitrogens is 4. The fraction of sp³-hybridized carbons (Fsp3) is 0. The first kappa shape index (κ1) is 12.9. The van der Waals surface area contributed by atoms with Crippen molar-refractivity contribution in [2.45, 2.75) is 0 Å². The first-order chi connectivity index (χ1) is 7.58. The van der Waals surface area contributed by atoms with E-state index in [1.807, 2.05) is 0 Å². The van der Waals surface area contributed by atoms with E-state index < -0.39 is 5.95 Å². The topological polar surface area (TPSA) is 77.6 Å². The van der Waals surface area contributed by atoms with E-state index in [1.165, 1.54) is 12.4 Å². The molecule has 0 unspecified atom stereocenters. The van der Waals surface area contributed by atoms with Crippen molar-refractivity contribution in [1.29, 1.82) is 0 Å². The fourth-order valence-corrected chi connectivity index (χ4v) is 1.29. The van der Waals surface area contributed by atoms with Crippen LogP contribution in [0.25, 0.3) is 0 Å². The van der Waals surface area contributed by atoms with E-state index in [0.717, 1.165) is 6.20 Å². The molecule has 0 bridgehead atoms. The third-order valence-electron chi connectivity index (χ3n) is 1.20. The van der Waals surface area contributed by atoms with Crippen molar-refractivity contribution >= 4 is 37.7 Å². The van der Waals surface area contributed by atoms with Crippen molar-refractivity contribution in [3.8, 4) is 0 Å². The molecule has 84 valence electrons. The third-order valence-corrected chi connectivity index (χ3v) is 1.96. The molecule has 5 nitrogen and oxygen atoms in total. The molecule has 0 radical (unpaired) electrons. The molecule has 8 heteroatoms. The highest BCUT2D eigenvalue weighted by Gasteiger charge is 1.89. The molecule has 16 heavy (non-hydrogen) atoms. The predicted octanol–water partition coefficient (Wildman–Crippen LogP) is 2.20. The molecule has 2 N–H and O–H groups in total. The van der Waals surface area contributed by atoms with Crippen LogP contribution in [-0.2, 0) is 0 Å². The third kappa shape index (κ3) is 5.08. The summed E-state index contributed by atoms with van der Waals surface area (Å²) in [4.78, 5) is 14.4. The Bertz CT molecular complexity index is 390. The highest BCUT2D eigenvalue weighted by atomic mass is 79.9. The monoisotopic (exact) mass is 349 g/mol. The molecule has 2 aromatic heterocycles. The zero-order valence-corrected chi connectivity index (χ0v) is 11.0. The second-order valence-electron chi connectivity index (χ2n) is 2.43. The Morgan fingerprint density at radius 3 is 1.81 bits per heavy atom. The van der Waals surface area contributed by atoms with Gasteiger partial charge in [0.1, 0.15) is 15.0 Å². The maximum Gasteiger partial charge on any atom is 0.232 e. The van der Waals surface area contributed by atoms with E-state index in [1.54, 1.807) is 6.20 Å². The van der Waals surface area contributed by atoms with E-state index >= 15 is 0 Å². The molecule has 0 aliphatic heterocycles. The summed E-state index contributed by atoms with van der Waals surface area (Å²) >= 11 is 6.06. The maximum absolute atomic E-state index is 12.0. The second kappa shape index (κ2) is 6.44. The smallest absolute Gasteiger partial charge is 0.232 e. The maximum atomic E-state index is 12.0. The van der Waals surface area contributed by atoms with Crippen LogP contribution in [-0.4, -0.2) is 19.9 Å². The normalized spacial score (nSPS) is 9.19. The van der Waals surface area contributed by atoms with E-state index in [4.69, 9.17) is 5.73 Å². The van der Waals surface area contributed by atoms with Crippen LogP contribution in [0.2, 0.25) is 0 Å². The van der Waals surface area contributed by atoms with Gasteiger partial charge in [-0.15, -0.1) is 0 Å². The Balaban J connectivity index is 0.000000160. The molecule has 0 fully saturated rings. The molecule has 0 aliphatic carbocycles.